The van der Waals surface area contributed by atoms with E-state index in [1.54, 1.807) is 6.20 Å². The molecule has 1 aliphatic carbocycles. The van der Waals surface area contributed by atoms with E-state index in [9.17, 15) is 4.79 Å². The van der Waals surface area contributed by atoms with E-state index in [1.165, 1.54) is 12.8 Å². The van der Waals surface area contributed by atoms with Gasteiger partial charge in [-0.3, -0.25) is 9.78 Å². The standard InChI is InChI=1S/C18H25N3O2/c1-13-2-5-16(11-20-13)23-18(6-8-19-9-7-18)17(22)21-12-14-3-4-15(21)10-14/h2,5,11,14-15,19H,3-4,6-10,12H2,1H3/t14-,15-/m1/s1. The van der Waals surface area contributed by atoms with E-state index < -0.39 is 5.60 Å². The van der Waals surface area contributed by atoms with Crippen LogP contribution < -0.4 is 10.1 Å². The number of carbonyl (C=O) groups excluding carboxylic acids is 1. The van der Waals surface area contributed by atoms with Gasteiger partial charge in [0.2, 0.25) is 0 Å². The SMILES string of the molecule is Cc1ccc(OC2(C(=O)N3C[C@@H]4CC[C@@H]3C4)CCNCC2)cn1. The van der Waals surface area contributed by atoms with Gasteiger partial charge in [-0.2, -0.15) is 0 Å². The van der Waals surface area contributed by atoms with Crippen LogP contribution in [0.2, 0.25) is 0 Å². The number of nitrogens with zero attached hydrogens (tertiary/aromatic N) is 2. The maximum atomic E-state index is 13.3. The van der Waals surface area contributed by atoms with Crippen molar-refractivity contribution in [2.45, 2.75) is 50.7 Å². The van der Waals surface area contributed by atoms with Crippen LogP contribution >= 0.6 is 0 Å². The van der Waals surface area contributed by atoms with Gasteiger partial charge in [0.05, 0.1) is 6.20 Å². The highest BCUT2D eigenvalue weighted by Gasteiger charge is 2.50. The number of aryl methyl sites for hydroxylation is 1. The molecule has 2 aliphatic heterocycles. The van der Waals surface area contributed by atoms with Gasteiger partial charge in [-0.25, -0.2) is 0 Å². The van der Waals surface area contributed by atoms with E-state index in [2.05, 4.69) is 15.2 Å². The number of piperidine rings is 2. The second-order valence-corrected chi connectivity index (χ2v) is 7.27. The summed E-state index contributed by atoms with van der Waals surface area (Å²) in [5.41, 5.74) is 0.243. The summed E-state index contributed by atoms with van der Waals surface area (Å²) in [6.07, 6.45) is 6.83. The highest BCUT2D eigenvalue weighted by atomic mass is 16.5. The molecule has 124 valence electrons. The molecule has 1 saturated carbocycles. The van der Waals surface area contributed by atoms with Crippen LogP contribution in [-0.4, -0.2) is 47.1 Å². The third-order valence-electron chi connectivity index (χ3n) is 5.67. The molecule has 1 N–H and O–H groups in total. The van der Waals surface area contributed by atoms with Crippen LogP contribution in [0.3, 0.4) is 0 Å². The van der Waals surface area contributed by atoms with Crippen molar-refractivity contribution in [3.63, 3.8) is 0 Å². The van der Waals surface area contributed by atoms with Gasteiger partial charge in [0.15, 0.2) is 5.60 Å². The van der Waals surface area contributed by atoms with Crippen molar-refractivity contribution in [1.82, 2.24) is 15.2 Å². The molecule has 0 aromatic carbocycles. The van der Waals surface area contributed by atoms with E-state index in [4.69, 9.17) is 4.74 Å². The highest BCUT2D eigenvalue weighted by Crippen LogP contribution is 2.40. The zero-order valence-corrected chi connectivity index (χ0v) is 13.8. The molecule has 3 heterocycles. The Hall–Kier alpha value is -1.62. The molecule has 2 atom stereocenters. The number of aromatic nitrogens is 1. The molecule has 3 fully saturated rings. The number of hydrogen-bond acceptors (Lipinski definition) is 4. The van der Waals surface area contributed by atoms with Crippen LogP contribution in [0.4, 0.5) is 0 Å². The van der Waals surface area contributed by atoms with Gasteiger partial charge in [-0.1, -0.05) is 0 Å². The van der Waals surface area contributed by atoms with Gasteiger partial charge < -0.3 is 15.0 Å². The van der Waals surface area contributed by atoms with Gasteiger partial charge in [-0.15, -0.1) is 0 Å². The van der Waals surface area contributed by atoms with E-state index in [-0.39, 0.29) is 5.91 Å². The first-order valence-electron chi connectivity index (χ1n) is 8.80. The number of ether oxygens (including phenoxy) is 1. The number of likely N-dealkylation sites (tertiary alicyclic amines) is 1. The van der Waals surface area contributed by atoms with Crippen molar-refractivity contribution in [1.29, 1.82) is 0 Å². The van der Waals surface area contributed by atoms with E-state index in [0.29, 0.717) is 17.7 Å². The molecule has 4 rings (SSSR count). The van der Waals surface area contributed by atoms with Crippen molar-refractivity contribution in [2.24, 2.45) is 5.92 Å². The van der Waals surface area contributed by atoms with E-state index in [0.717, 1.165) is 44.6 Å². The zero-order valence-electron chi connectivity index (χ0n) is 13.8. The Kier molecular flexibility index (Phi) is 3.76. The van der Waals surface area contributed by atoms with Crippen molar-refractivity contribution in [3.05, 3.63) is 24.0 Å². The molecule has 0 radical (unpaired) electrons. The molecule has 23 heavy (non-hydrogen) atoms. The van der Waals surface area contributed by atoms with Crippen LogP contribution in [0.25, 0.3) is 0 Å². The summed E-state index contributed by atoms with van der Waals surface area (Å²) < 4.78 is 6.29. The fraction of sp³-hybridized carbons (Fsp3) is 0.667. The normalized spacial score (nSPS) is 28.8. The largest absolute Gasteiger partial charge is 0.476 e. The smallest absolute Gasteiger partial charge is 0.267 e. The maximum Gasteiger partial charge on any atom is 0.267 e. The Morgan fingerprint density at radius 2 is 2.17 bits per heavy atom. The fourth-order valence-electron chi connectivity index (χ4n) is 4.37. The topological polar surface area (TPSA) is 54.5 Å². The minimum Gasteiger partial charge on any atom is -0.476 e. The molecule has 2 saturated heterocycles. The van der Waals surface area contributed by atoms with Crippen LogP contribution in [0, 0.1) is 12.8 Å². The summed E-state index contributed by atoms with van der Waals surface area (Å²) in [6.45, 7) is 4.53. The van der Waals surface area contributed by atoms with E-state index >= 15 is 0 Å². The van der Waals surface area contributed by atoms with Crippen molar-refractivity contribution in [2.75, 3.05) is 19.6 Å². The van der Waals surface area contributed by atoms with Gasteiger partial charge in [0.25, 0.3) is 5.91 Å². The predicted octanol–water partition coefficient (Wildman–Crippen LogP) is 1.90. The van der Waals surface area contributed by atoms with Gasteiger partial charge in [-0.05, 0) is 57.3 Å². The van der Waals surface area contributed by atoms with Crippen molar-refractivity contribution >= 4 is 5.91 Å². The summed E-state index contributed by atoms with van der Waals surface area (Å²) in [4.78, 5) is 19.8. The molecular weight excluding hydrogens is 290 g/mol. The molecule has 5 heteroatoms. The second kappa shape index (κ2) is 5.78. The average molecular weight is 315 g/mol. The Bertz CT molecular complexity index is 580. The lowest BCUT2D eigenvalue weighted by atomic mass is 9.89. The number of rotatable bonds is 3. The van der Waals surface area contributed by atoms with Gasteiger partial charge in [0, 0.05) is 31.1 Å². The molecule has 1 aromatic heterocycles. The summed E-state index contributed by atoms with van der Waals surface area (Å²) in [7, 11) is 0. The van der Waals surface area contributed by atoms with Crippen LogP contribution in [0.5, 0.6) is 5.75 Å². The second-order valence-electron chi connectivity index (χ2n) is 7.27. The first kappa shape index (κ1) is 14.9. The third kappa shape index (κ3) is 2.71. The Labute approximate surface area is 137 Å². The lowest BCUT2D eigenvalue weighted by molar-refractivity contribution is -0.152. The number of pyridine rings is 1. The third-order valence-corrected chi connectivity index (χ3v) is 5.67. The van der Waals surface area contributed by atoms with Crippen LogP contribution in [-0.2, 0) is 4.79 Å². The fourth-order valence-corrected chi connectivity index (χ4v) is 4.37. The molecule has 0 spiro atoms. The Morgan fingerprint density at radius 3 is 2.78 bits per heavy atom. The Morgan fingerprint density at radius 1 is 1.35 bits per heavy atom. The van der Waals surface area contributed by atoms with Crippen LogP contribution in [0.15, 0.2) is 18.3 Å². The number of nitrogens with one attached hydrogen (secondary N) is 1. The Balaban J connectivity index is 1.58. The van der Waals surface area contributed by atoms with E-state index in [1.807, 2.05) is 19.1 Å². The molecular formula is C18H25N3O2. The summed E-state index contributed by atoms with van der Waals surface area (Å²) in [5.74, 6) is 1.62. The quantitative estimate of drug-likeness (QED) is 0.926. The van der Waals surface area contributed by atoms with Gasteiger partial charge >= 0.3 is 0 Å². The number of hydrogen-bond donors (Lipinski definition) is 1. The molecule has 1 amide bonds. The summed E-state index contributed by atoms with van der Waals surface area (Å²) in [6, 6.07) is 4.31. The minimum absolute atomic E-state index is 0.201. The van der Waals surface area contributed by atoms with Gasteiger partial charge in [0.1, 0.15) is 5.75 Å². The van der Waals surface area contributed by atoms with Crippen molar-refractivity contribution < 1.29 is 9.53 Å². The molecule has 2 bridgehead atoms. The van der Waals surface area contributed by atoms with Crippen LogP contribution in [0.1, 0.15) is 37.8 Å². The minimum atomic E-state index is -0.716. The molecule has 0 unspecified atom stereocenters. The lowest BCUT2D eigenvalue weighted by Crippen LogP contribution is -2.59. The zero-order chi connectivity index (χ0) is 15.9. The first-order chi connectivity index (χ1) is 11.2. The maximum absolute atomic E-state index is 13.3. The van der Waals surface area contributed by atoms with Crippen molar-refractivity contribution in [3.8, 4) is 5.75 Å². The highest BCUT2D eigenvalue weighted by molar-refractivity contribution is 5.86. The summed E-state index contributed by atoms with van der Waals surface area (Å²) >= 11 is 0. The number of carbonyl (C=O) groups is 1. The number of fused-ring (bicyclic) bond motifs is 2. The number of amides is 1. The predicted molar refractivity (Wildman–Crippen MR) is 87.3 cm³/mol. The average Bonchev–Trinajstić information content (AvgIpc) is 3.20. The molecule has 3 aliphatic rings. The lowest BCUT2D eigenvalue weighted by Gasteiger charge is -2.41. The molecule has 1 aromatic rings. The molecule has 5 nitrogen and oxygen atoms in total. The summed E-state index contributed by atoms with van der Waals surface area (Å²) in [5, 5.41) is 3.35. The monoisotopic (exact) mass is 315 g/mol. The first-order valence-corrected chi connectivity index (χ1v) is 8.80.